The van der Waals surface area contributed by atoms with Gasteiger partial charge in [-0.1, -0.05) is 28.9 Å². The quantitative estimate of drug-likeness (QED) is 0.890. The number of para-hydroxylation sites is 1. The molecule has 5 heteroatoms. The number of nitrogens with zero attached hydrogens (tertiary/aromatic N) is 3. The van der Waals surface area contributed by atoms with E-state index in [-0.39, 0.29) is 0 Å². The first-order valence-corrected chi connectivity index (χ1v) is 5.39. The number of anilines is 1. The van der Waals surface area contributed by atoms with Crippen LogP contribution in [0.2, 0.25) is 5.02 Å². The van der Waals surface area contributed by atoms with Crippen molar-refractivity contribution in [3.05, 3.63) is 40.7 Å². The Labute approximate surface area is 99.2 Å². The monoisotopic (exact) mass is 236 g/mol. The van der Waals surface area contributed by atoms with Gasteiger partial charge in [0.15, 0.2) is 0 Å². The smallest absolute Gasteiger partial charge is 0.102 e. The van der Waals surface area contributed by atoms with E-state index in [9.17, 15) is 0 Å². The molecule has 84 valence electrons. The van der Waals surface area contributed by atoms with E-state index in [4.69, 9.17) is 11.6 Å². The molecule has 1 aromatic carbocycles. The lowest BCUT2D eigenvalue weighted by Gasteiger charge is -2.09. The third kappa shape index (κ3) is 2.33. The molecule has 0 atom stereocenters. The van der Waals surface area contributed by atoms with E-state index >= 15 is 0 Å². The zero-order valence-electron chi connectivity index (χ0n) is 9.24. The van der Waals surface area contributed by atoms with Crippen molar-refractivity contribution < 1.29 is 0 Å². The molecule has 0 aliphatic rings. The van der Waals surface area contributed by atoms with Gasteiger partial charge >= 0.3 is 0 Å². The van der Waals surface area contributed by atoms with Gasteiger partial charge in [-0.2, -0.15) is 0 Å². The standard InChI is InChI=1S/C11H13ClN4/c1-8-4-3-5-10(12)11(8)13-6-9-7-16(2)15-14-9/h3-5,7,13H,6H2,1-2H3. The second kappa shape index (κ2) is 4.53. The van der Waals surface area contributed by atoms with E-state index in [1.165, 1.54) is 0 Å². The first kappa shape index (κ1) is 11.0. The molecule has 0 aliphatic heterocycles. The molecule has 0 saturated carbocycles. The first-order chi connectivity index (χ1) is 7.66. The zero-order valence-corrected chi connectivity index (χ0v) is 9.99. The number of aryl methyl sites for hydroxylation is 2. The van der Waals surface area contributed by atoms with Gasteiger partial charge in [-0.05, 0) is 18.6 Å². The Morgan fingerprint density at radius 1 is 1.44 bits per heavy atom. The summed E-state index contributed by atoms with van der Waals surface area (Å²) in [5.74, 6) is 0. The van der Waals surface area contributed by atoms with E-state index in [0.717, 1.165) is 22.0 Å². The summed E-state index contributed by atoms with van der Waals surface area (Å²) in [6, 6.07) is 5.82. The van der Waals surface area contributed by atoms with Crippen LogP contribution in [0.15, 0.2) is 24.4 Å². The number of nitrogens with one attached hydrogen (secondary N) is 1. The lowest BCUT2D eigenvalue weighted by molar-refractivity contribution is 0.713. The molecule has 16 heavy (non-hydrogen) atoms. The van der Waals surface area contributed by atoms with Crippen molar-refractivity contribution in [2.24, 2.45) is 7.05 Å². The zero-order chi connectivity index (χ0) is 11.5. The molecule has 1 heterocycles. The maximum atomic E-state index is 6.10. The predicted molar refractivity (Wildman–Crippen MR) is 64.5 cm³/mol. The summed E-state index contributed by atoms with van der Waals surface area (Å²) in [6.45, 7) is 2.64. The number of aromatic nitrogens is 3. The molecule has 1 aromatic heterocycles. The van der Waals surface area contributed by atoms with Crippen molar-refractivity contribution >= 4 is 17.3 Å². The summed E-state index contributed by atoms with van der Waals surface area (Å²) in [5, 5.41) is 11.9. The van der Waals surface area contributed by atoms with Crippen molar-refractivity contribution in [2.75, 3.05) is 5.32 Å². The summed E-state index contributed by atoms with van der Waals surface area (Å²) in [6.07, 6.45) is 1.87. The molecular formula is C11H13ClN4. The maximum absolute atomic E-state index is 6.10. The van der Waals surface area contributed by atoms with E-state index < -0.39 is 0 Å². The van der Waals surface area contributed by atoms with Crippen molar-refractivity contribution in [1.29, 1.82) is 0 Å². The summed E-state index contributed by atoms with van der Waals surface area (Å²) in [5.41, 5.74) is 2.97. The minimum atomic E-state index is 0.623. The second-order valence-electron chi connectivity index (χ2n) is 3.67. The predicted octanol–water partition coefficient (Wildman–Crippen LogP) is 2.39. The molecule has 2 aromatic rings. The fraction of sp³-hybridized carbons (Fsp3) is 0.273. The highest BCUT2D eigenvalue weighted by Crippen LogP contribution is 2.25. The molecule has 0 fully saturated rings. The molecule has 0 saturated heterocycles. The van der Waals surface area contributed by atoms with Gasteiger partial charge in [0.1, 0.15) is 5.69 Å². The largest absolute Gasteiger partial charge is 0.378 e. The van der Waals surface area contributed by atoms with Crippen LogP contribution >= 0.6 is 11.6 Å². The fourth-order valence-corrected chi connectivity index (χ4v) is 1.80. The molecule has 2 rings (SSSR count). The van der Waals surface area contributed by atoms with Crippen LogP contribution in [-0.4, -0.2) is 15.0 Å². The third-order valence-corrected chi connectivity index (χ3v) is 2.63. The van der Waals surface area contributed by atoms with Gasteiger partial charge in [0.05, 0.1) is 17.3 Å². The summed E-state index contributed by atoms with van der Waals surface area (Å²) in [7, 11) is 1.84. The Morgan fingerprint density at radius 2 is 2.25 bits per heavy atom. The summed E-state index contributed by atoms with van der Waals surface area (Å²) in [4.78, 5) is 0. The SMILES string of the molecule is Cc1cccc(Cl)c1NCc1cn(C)nn1. The van der Waals surface area contributed by atoms with E-state index in [1.807, 2.05) is 38.4 Å². The van der Waals surface area contributed by atoms with Crippen LogP contribution in [0.3, 0.4) is 0 Å². The minimum absolute atomic E-state index is 0.623. The number of hydrogen-bond acceptors (Lipinski definition) is 3. The minimum Gasteiger partial charge on any atom is -0.378 e. The Bertz CT molecular complexity index is 472. The Kier molecular flexibility index (Phi) is 3.10. The van der Waals surface area contributed by atoms with Crippen molar-refractivity contribution in [3.8, 4) is 0 Å². The highest BCUT2D eigenvalue weighted by atomic mass is 35.5. The molecule has 0 aliphatic carbocycles. The molecule has 1 N–H and O–H groups in total. The van der Waals surface area contributed by atoms with Crippen LogP contribution in [-0.2, 0) is 13.6 Å². The normalized spacial score (nSPS) is 10.4. The van der Waals surface area contributed by atoms with Gasteiger partial charge in [-0.3, -0.25) is 4.68 Å². The molecule has 4 nitrogen and oxygen atoms in total. The molecule has 0 amide bonds. The van der Waals surface area contributed by atoms with Gasteiger partial charge in [0.25, 0.3) is 0 Å². The maximum Gasteiger partial charge on any atom is 0.102 e. The summed E-state index contributed by atoms with van der Waals surface area (Å²) < 4.78 is 1.68. The van der Waals surface area contributed by atoms with Crippen LogP contribution < -0.4 is 5.32 Å². The number of hydrogen-bond donors (Lipinski definition) is 1. The van der Waals surface area contributed by atoms with Crippen LogP contribution in [0.25, 0.3) is 0 Å². The fourth-order valence-electron chi connectivity index (χ4n) is 1.51. The molecule has 0 spiro atoms. The topological polar surface area (TPSA) is 42.7 Å². The highest BCUT2D eigenvalue weighted by Gasteiger charge is 2.04. The van der Waals surface area contributed by atoms with Gasteiger partial charge in [0.2, 0.25) is 0 Å². The van der Waals surface area contributed by atoms with E-state index in [0.29, 0.717) is 6.54 Å². The van der Waals surface area contributed by atoms with Gasteiger partial charge in [-0.15, -0.1) is 5.10 Å². The van der Waals surface area contributed by atoms with Gasteiger partial charge in [0, 0.05) is 13.2 Å². The van der Waals surface area contributed by atoms with Crippen LogP contribution in [0.1, 0.15) is 11.3 Å². The van der Waals surface area contributed by atoms with Crippen molar-refractivity contribution in [3.63, 3.8) is 0 Å². The molecular weight excluding hydrogens is 224 g/mol. The Morgan fingerprint density at radius 3 is 2.88 bits per heavy atom. The number of rotatable bonds is 3. The number of halogens is 1. The van der Waals surface area contributed by atoms with Gasteiger partial charge in [-0.25, -0.2) is 0 Å². The van der Waals surface area contributed by atoms with Crippen LogP contribution in [0.4, 0.5) is 5.69 Å². The highest BCUT2D eigenvalue weighted by molar-refractivity contribution is 6.33. The van der Waals surface area contributed by atoms with Crippen molar-refractivity contribution in [1.82, 2.24) is 15.0 Å². The Hall–Kier alpha value is -1.55. The lowest BCUT2D eigenvalue weighted by atomic mass is 10.2. The average molecular weight is 237 g/mol. The van der Waals surface area contributed by atoms with E-state index in [1.54, 1.807) is 4.68 Å². The van der Waals surface area contributed by atoms with Crippen LogP contribution in [0.5, 0.6) is 0 Å². The van der Waals surface area contributed by atoms with Crippen LogP contribution in [0, 0.1) is 6.92 Å². The van der Waals surface area contributed by atoms with Gasteiger partial charge < -0.3 is 5.32 Å². The lowest BCUT2D eigenvalue weighted by Crippen LogP contribution is -2.02. The molecule has 0 radical (unpaired) electrons. The second-order valence-corrected chi connectivity index (χ2v) is 4.08. The Balaban J connectivity index is 2.10. The number of benzene rings is 1. The molecule has 0 bridgehead atoms. The third-order valence-electron chi connectivity index (χ3n) is 2.32. The first-order valence-electron chi connectivity index (χ1n) is 5.01. The van der Waals surface area contributed by atoms with E-state index in [2.05, 4.69) is 15.6 Å². The van der Waals surface area contributed by atoms with Crippen molar-refractivity contribution in [2.45, 2.75) is 13.5 Å². The summed E-state index contributed by atoms with van der Waals surface area (Å²) >= 11 is 6.10. The average Bonchev–Trinajstić information content (AvgIpc) is 2.63. The molecule has 0 unspecified atom stereocenters.